The number of aliphatic hydroxyl groups is 1. The quantitative estimate of drug-likeness (QED) is 0.617. The highest BCUT2D eigenvalue weighted by Gasteiger charge is 2.21. The van der Waals surface area contributed by atoms with Crippen LogP contribution in [0, 0.1) is 10.1 Å². The normalized spacial score (nSPS) is 14.2. The Morgan fingerprint density at radius 3 is 2.63 bits per heavy atom. The minimum atomic E-state index is -2.83. The molecule has 0 heterocycles. The molecular formula is C12H16F2N2O3. The molecule has 0 spiro atoms. The van der Waals surface area contributed by atoms with E-state index in [0.29, 0.717) is 6.42 Å². The molecule has 5 nitrogen and oxygen atoms in total. The van der Waals surface area contributed by atoms with Crippen LogP contribution in [0.15, 0.2) is 18.2 Å². The fraction of sp³-hybridized carbons (Fsp3) is 0.500. The number of hydrogen-bond acceptors (Lipinski definition) is 4. The van der Waals surface area contributed by atoms with Crippen molar-refractivity contribution in [2.75, 3.05) is 11.9 Å². The summed E-state index contributed by atoms with van der Waals surface area (Å²) in [4.78, 5) is 9.83. The fourth-order valence-electron chi connectivity index (χ4n) is 1.42. The number of non-ortho nitro benzene ring substituents is 1. The maximum absolute atomic E-state index is 12.8. The summed E-state index contributed by atoms with van der Waals surface area (Å²) in [5.74, 6) is 0. The molecule has 0 saturated heterocycles. The van der Waals surface area contributed by atoms with Crippen LogP contribution in [0.5, 0.6) is 0 Å². The van der Waals surface area contributed by atoms with Gasteiger partial charge in [0.15, 0.2) is 0 Å². The van der Waals surface area contributed by atoms with Gasteiger partial charge in [0.25, 0.3) is 12.1 Å². The molecule has 1 atom stereocenters. The molecular weight excluding hydrogens is 258 g/mol. The molecule has 1 aromatic carbocycles. The smallest absolute Gasteiger partial charge is 0.270 e. The highest BCUT2D eigenvalue weighted by atomic mass is 19.3. The Bertz CT molecular complexity index is 464. The van der Waals surface area contributed by atoms with Gasteiger partial charge in [-0.2, -0.15) is 0 Å². The van der Waals surface area contributed by atoms with E-state index in [4.69, 9.17) is 0 Å². The molecule has 1 unspecified atom stereocenters. The number of nitrogens with one attached hydrogen (secondary N) is 1. The summed E-state index contributed by atoms with van der Waals surface area (Å²) >= 11 is 0. The first kappa shape index (κ1) is 15.3. The molecule has 0 fully saturated rings. The van der Waals surface area contributed by atoms with E-state index in [0.717, 1.165) is 12.1 Å². The SMILES string of the molecule is CCC(C)(O)CNc1ccc([N+](=O)[O-])cc1C(F)F. The zero-order chi connectivity index (χ0) is 14.6. The Hall–Kier alpha value is -1.76. The minimum absolute atomic E-state index is 0.0844. The fourth-order valence-corrected chi connectivity index (χ4v) is 1.42. The molecule has 2 N–H and O–H groups in total. The third-order valence-electron chi connectivity index (χ3n) is 2.90. The van der Waals surface area contributed by atoms with Crippen molar-refractivity contribution in [2.45, 2.75) is 32.3 Å². The monoisotopic (exact) mass is 274 g/mol. The van der Waals surface area contributed by atoms with Crippen LogP contribution in [-0.4, -0.2) is 22.2 Å². The van der Waals surface area contributed by atoms with Crippen molar-refractivity contribution in [2.24, 2.45) is 0 Å². The standard InChI is InChI=1S/C12H16F2N2O3/c1-3-12(2,17)7-15-10-5-4-8(16(18)19)6-9(10)11(13)14/h4-6,11,15,17H,3,7H2,1-2H3. The zero-order valence-electron chi connectivity index (χ0n) is 10.7. The molecule has 19 heavy (non-hydrogen) atoms. The number of halogens is 2. The molecule has 0 amide bonds. The van der Waals surface area contributed by atoms with Gasteiger partial charge in [0.05, 0.1) is 10.5 Å². The molecule has 0 aliphatic rings. The van der Waals surface area contributed by atoms with E-state index in [-0.39, 0.29) is 17.9 Å². The van der Waals surface area contributed by atoms with Gasteiger partial charge in [-0.3, -0.25) is 10.1 Å². The number of alkyl halides is 2. The third-order valence-corrected chi connectivity index (χ3v) is 2.90. The average molecular weight is 274 g/mol. The summed E-state index contributed by atoms with van der Waals surface area (Å²) in [6, 6.07) is 3.22. The molecule has 106 valence electrons. The van der Waals surface area contributed by atoms with Crippen LogP contribution >= 0.6 is 0 Å². The lowest BCUT2D eigenvalue weighted by molar-refractivity contribution is -0.385. The number of nitrogens with zero attached hydrogens (tertiary/aromatic N) is 1. The summed E-state index contributed by atoms with van der Waals surface area (Å²) in [5.41, 5.74) is -1.76. The lowest BCUT2D eigenvalue weighted by Gasteiger charge is -2.23. The van der Waals surface area contributed by atoms with Crippen molar-refractivity contribution in [1.82, 2.24) is 0 Å². The predicted molar refractivity (Wildman–Crippen MR) is 67.5 cm³/mol. The molecule has 0 bridgehead atoms. The summed E-state index contributed by atoms with van der Waals surface area (Å²) in [6.07, 6.45) is -2.37. The average Bonchev–Trinajstić information content (AvgIpc) is 2.36. The molecule has 1 aromatic rings. The highest BCUT2D eigenvalue weighted by Crippen LogP contribution is 2.31. The number of anilines is 1. The maximum atomic E-state index is 12.8. The van der Waals surface area contributed by atoms with Gasteiger partial charge in [0.1, 0.15) is 0 Å². The first-order valence-electron chi connectivity index (χ1n) is 5.79. The predicted octanol–water partition coefficient (Wildman–Crippen LogP) is 3.11. The minimum Gasteiger partial charge on any atom is -0.388 e. The largest absolute Gasteiger partial charge is 0.388 e. The molecule has 0 aliphatic carbocycles. The van der Waals surface area contributed by atoms with Crippen molar-refractivity contribution >= 4 is 11.4 Å². The molecule has 7 heteroatoms. The van der Waals surface area contributed by atoms with E-state index in [2.05, 4.69) is 5.32 Å². The van der Waals surface area contributed by atoms with Crippen LogP contribution in [-0.2, 0) is 0 Å². The van der Waals surface area contributed by atoms with Gasteiger partial charge in [-0.05, 0) is 19.4 Å². The highest BCUT2D eigenvalue weighted by molar-refractivity contribution is 5.56. The Morgan fingerprint density at radius 1 is 1.53 bits per heavy atom. The lowest BCUT2D eigenvalue weighted by atomic mass is 10.0. The third kappa shape index (κ3) is 4.13. The van der Waals surface area contributed by atoms with E-state index in [1.807, 2.05) is 0 Å². The number of benzene rings is 1. The van der Waals surface area contributed by atoms with Crippen molar-refractivity contribution in [3.8, 4) is 0 Å². The molecule has 0 radical (unpaired) electrons. The van der Waals surface area contributed by atoms with Gasteiger partial charge in [-0.1, -0.05) is 6.92 Å². The van der Waals surface area contributed by atoms with Gasteiger partial charge in [-0.25, -0.2) is 8.78 Å². The van der Waals surface area contributed by atoms with Crippen molar-refractivity contribution < 1.29 is 18.8 Å². The van der Waals surface area contributed by atoms with Crippen LogP contribution in [0.2, 0.25) is 0 Å². The van der Waals surface area contributed by atoms with Gasteiger partial charge in [0.2, 0.25) is 0 Å². The Labute approximate surface area is 109 Å². The summed E-state index contributed by atoms with van der Waals surface area (Å²) < 4.78 is 25.7. The summed E-state index contributed by atoms with van der Waals surface area (Å²) in [6.45, 7) is 3.43. The van der Waals surface area contributed by atoms with Crippen LogP contribution in [0.4, 0.5) is 20.2 Å². The molecule has 1 rings (SSSR count). The summed E-state index contributed by atoms with van der Waals surface area (Å²) in [7, 11) is 0. The van der Waals surface area contributed by atoms with Gasteiger partial charge in [-0.15, -0.1) is 0 Å². The molecule has 0 aliphatic heterocycles. The Morgan fingerprint density at radius 2 is 2.16 bits per heavy atom. The molecule has 0 saturated carbocycles. The van der Waals surface area contributed by atoms with Crippen molar-refractivity contribution in [1.29, 1.82) is 0 Å². The number of nitro benzene ring substituents is 1. The zero-order valence-corrected chi connectivity index (χ0v) is 10.7. The van der Waals surface area contributed by atoms with E-state index < -0.39 is 22.5 Å². The first-order chi connectivity index (χ1) is 8.76. The second-order valence-electron chi connectivity index (χ2n) is 4.53. The van der Waals surface area contributed by atoms with Gasteiger partial charge < -0.3 is 10.4 Å². The number of rotatable bonds is 6. The Balaban J connectivity index is 2.97. The number of nitro groups is 1. The summed E-state index contributed by atoms with van der Waals surface area (Å²) in [5, 5.41) is 23.0. The van der Waals surface area contributed by atoms with Crippen LogP contribution in [0.3, 0.4) is 0 Å². The van der Waals surface area contributed by atoms with Crippen LogP contribution in [0.25, 0.3) is 0 Å². The van der Waals surface area contributed by atoms with E-state index >= 15 is 0 Å². The molecule has 0 aromatic heterocycles. The topological polar surface area (TPSA) is 75.4 Å². The first-order valence-corrected chi connectivity index (χ1v) is 5.79. The second-order valence-corrected chi connectivity index (χ2v) is 4.53. The van der Waals surface area contributed by atoms with E-state index in [9.17, 15) is 24.0 Å². The van der Waals surface area contributed by atoms with Crippen molar-refractivity contribution in [3.05, 3.63) is 33.9 Å². The lowest BCUT2D eigenvalue weighted by Crippen LogP contribution is -2.32. The van der Waals surface area contributed by atoms with Crippen LogP contribution in [0.1, 0.15) is 32.3 Å². The van der Waals surface area contributed by atoms with Crippen molar-refractivity contribution in [3.63, 3.8) is 0 Å². The van der Waals surface area contributed by atoms with E-state index in [1.54, 1.807) is 13.8 Å². The Kier molecular flexibility index (Phi) is 4.77. The number of hydrogen-bond donors (Lipinski definition) is 2. The van der Waals surface area contributed by atoms with Gasteiger partial charge in [0, 0.05) is 29.9 Å². The van der Waals surface area contributed by atoms with Gasteiger partial charge >= 0.3 is 0 Å². The maximum Gasteiger partial charge on any atom is 0.270 e. The van der Waals surface area contributed by atoms with E-state index in [1.165, 1.54) is 6.07 Å². The second kappa shape index (κ2) is 5.92. The van der Waals surface area contributed by atoms with Crippen LogP contribution < -0.4 is 5.32 Å².